The van der Waals surface area contributed by atoms with E-state index >= 15 is 0 Å². The molecule has 0 aliphatic rings. The van der Waals surface area contributed by atoms with Crippen LogP contribution in [-0.2, 0) is 7.05 Å². The lowest BCUT2D eigenvalue weighted by atomic mass is 10.2. The van der Waals surface area contributed by atoms with Crippen molar-refractivity contribution < 1.29 is 10.0 Å². The maximum Gasteiger partial charge on any atom is 0.258 e. The Morgan fingerprint density at radius 1 is 1.43 bits per heavy atom. The summed E-state index contributed by atoms with van der Waals surface area (Å²) in [6, 6.07) is 4.52. The summed E-state index contributed by atoms with van der Waals surface area (Å²) in [6.45, 7) is 0. The van der Waals surface area contributed by atoms with E-state index in [9.17, 15) is 4.79 Å². The molecule has 1 heterocycles. The van der Waals surface area contributed by atoms with Crippen molar-refractivity contribution in [2.45, 2.75) is 0 Å². The van der Waals surface area contributed by atoms with Crippen LogP contribution in [0.2, 0.25) is 10.0 Å². The van der Waals surface area contributed by atoms with Crippen LogP contribution in [0.25, 0.3) is 0 Å². The van der Waals surface area contributed by atoms with Crippen LogP contribution in [-0.4, -0.2) is 26.7 Å². The number of carbonyl (C=O) groups excluding carboxylic acids is 1. The molecule has 0 aliphatic carbocycles. The molecule has 9 heteroatoms. The highest BCUT2D eigenvalue weighted by atomic mass is 35.5. The van der Waals surface area contributed by atoms with E-state index in [1.165, 1.54) is 23.0 Å². The number of aromatic nitrogens is 2. The topological polar surface area (TPSA) is 106 Å². The molecule has 1 amide bonds. The fourth-order valence-corrected chi connectivity index (χ4v) is 2.17. The molecule has 110 valence electrons. The minimum atomic E-state index is -0.466. The van der Waals surface area contributed by atoms with Gasteiger partial charge in [0.2, 0.25) is 0 Å². The number of hydrogen-bond donors (Lipinski definition) is 3. The highest BCUT2D eigenvalue weighted by Crippen LogP contribution is 2.23. The molecular weight excluding hydrogens is 317 g/mol. The second-order valence-corrected chi connectivity index (χ2v) is 4.94. The number of amidine groups is 1. The molecule has 7 nitrogen and oxygen atoms in total. The molecule has 0 unspecified atom stereocenters. The van der Waals surface area contributed by atoms with Gasteiger partial charge in [-0.25, -0.2) is 0 Å². The van der Waals surface area contributed by atoms with Crippen molar-refractivity contribution in [3.63, 3.8) is 0 Å². The third-order valence-electron chi connectivity index (χ3n) is 2.73. The summed E-state index contributed by atoms with van der Waals surface area (Å²) in [6.07, 6.45) is 1.37. The number of anilines is 1. The van der Waals surface area contributed by atoms with Gasteiger partial charge in [0, 0.05) is 12.1 Å². The molecule has 0 radical (unpaired) electrons. The first-order valence-electron chi connectivity index (χ1n) is 5.70. The molecule has 0 fully saturated rings. The van der Waals surface area contributed by atoms with E-state index in [4.69, 9.17) is 34.1 Å². The Bertz CT molecular complexity index is 726. The van der Waals surface area contributed by atoms with Gasteiger partial charge in [0.05, 0.1) is 22.3 Å². The van der Waals surface area contributed by atoms with Crippen molar-refractivity contribution in [2.24, 2.45) is 17.9 Å². The van der Waals surface area contributed by atoms with Gasteiger partial charge in [-0.05, 0) is 18.2 Å². The van der Waals surface area contributed by atoms with Gasteiger partial charge in [0.25, 0.3) is 5.91 Å². The Labute approximate surface area is 129 Å². The third-order valence-corrected chi connectivity index (χ3v) is 3.28. The van der Waals surface area contributed by atoms with Crippen molar-refractivity contribution in [1.29, 1.82) is 0 Å². The van der Waals surface area contributed by atoms with Crippen LogP contribution < -0.4 is 11.1 Å². The monoisotopic (exact) mass is 327 g/mol. The first kappa shape index (κ1) is 15.1. The highest BCUT2D eigenvalue weighted by molar-refractivity contribution is 6.37. The number of oxime groups is 1. The Morgan fingerprint density at radius 3 is 2.76 bits per heavy atom. The molecule has 0 saturated heterocycles. The predicted molar refractivity (Wildman–Crippen MR) is 80.1 cm³/mol. The number of rotatable bonds is 3. The van der Waals surface area contributed by atoms with Gasteiger partial charge in [0.1, 0.15) is 5.82 Å². The zero-order chi connectivity index (χ0) is 15.6. The number of nitrogens with zero attached hydrogens (tertiary/aromatic N) is 3. The molecule has 1 aromatic carbocycles. The van der Waals surface area contributed by atoms with Crippen LogP contribution in [0.15, 0.2) is 29.6 Å². The van der Waals surface area contributed by atoms with Gasteiger partial charge in [-0.15, -0.1) is 0 Å². The lowest BCUT2D eigenvalue weighted by Crippen LogP contribution is -2.20. The normalized spacial score (nSPS) is 11.5. The third kappa shape index (κ3) is 3.09. The lowest BCUT2D eigenvalue weighted by molar-refractivity contribution is 0.102. The first-order chi connectivity index (χ1) is 9.93. The molecule has 0 bridgehead atoms. The molecule has 4 N–H and O–H groups in total. The number of amides is 1. The molecular formula is C12H11Cl2N5O2. The van der Waals surface area contributed by atoms with Crippen LogP contribution >= 0.6 is 23.2 Å². The predicted octanol–water partition coefficient (Wildman–Crippen LogP) is 2.07. The average molecular weight is 328 g/mol. The number of aryl methyl sites for hydroxylation is 1. The van der Waals surface area contributed by atoms with E-state index in [1.807, 2.05) is 0 Å². The Kier molecular flexibility index (Phi) is 4.35. The van der Waals surface area contributed by atoms with E-state index < -0.39 is 5.91 Å². The molecule has 0 aliphatic heterocycles. The van der Waals surface area contributed by atoms with E-state index in [0.717, 1.165) is 0 Å². The van der Waals surface area contributed by atoms with Gasteiger partial charge < -0.3 is 16.3 Å². The summed E-state index contributed by atoms with van der Waals surface area (Å²) in [4.78, 5) is 12.2. The largest absolute Gasteiger partial charge is 0.409 e. The number of halogens is 2. The molecule has 0 saturated carbocycles. The van der Waals surface area contributed by atoms with Crippen LogP contribution in [0.5, 0.6) is 0 Å². The van der Waals surface area contributed by atoms with Crippen molar-refractivity contribution in [1.82, 2.24) is 9.78 Å². The zero-order valence-electron chi connectivity index (χ0n) is 10.8. The molecule has 0 atom stereocenters. The lowest BCUT2D eigenvalue weighted by Gasteiger charge is -2.09. The van der Waals surface area contributed by atoms with Gasteiger partial charge in [-0.2, -0.15) is 5.10 Å². The van der Waals surface area contributed by atoms with Crippen LogP contribution in [0.3, 0.4) is 0 Å². The molecule has 0 spiro atoms. The van der Waals surface area contributed by atoms with E-state index in [2.05, 4.69) is 15.6 Å². The van der Waals surface area contributed by atoms with Gasteiger partial charge in [-0.3, -0.25) is 9.48 Å². The maximum atomic E-state index is 12.2. The van der Waals surface area contributed by atoms with Crippen LogP contribution in [0.4, 0.5) is 5.82 Å². The Hall–Kier alpha value is -2.25. The fourth-order valence-electron chi connectivity index (χ4n) is 1.68. The van der Waals surface area contributed by atoms with Crippen molar-refractivity contribution in [2.75, 3.05) is 5.32 Å². The average Bonchev–Trinajstić information content (AvgIpc) is 2.79. The summed E-state index contributed by atoms with van der Waals surface area (Å²) in [5, 5.41) is 18.8. The van der Waals surface area contributed by atoms with Crippen LogP contribution in [0, 0.1) is 0 Å². The minimum absolute atomic E-state index is 0.166. The number of nitrogens with two attached hydrogens (primary N) is 1. The second-order valence-electron chi connectivity index (χ2n) is 4.09. The zero-order valence-corrected chi connectivity index (χ0v) is 12.4. The number of hydrogen-bond acceptors (Lipinski definition) is 4. The molecule has 2 rings (SSSR count). The summed E-state index contributed by atoms with van der Waals surface area (Å²) in [7, 11) is 1.60. The quantitative estimate of drug-likeness (QED) is 0.347. The van der Waals surface area contributed by atoms with Crippen molar-refractivity contribution >= 4 is 40.8 Å². The maximum absolute atomic E-state index is 12.2. The van der Waals surface area contributed by atoms with E-state index in [0.29, 0.717) is 10.6 Å². The minimum Gasteiger partial charge on any atom is -0.409 e. The molecule has 21 heavy (non-hydrogen) atoms. The summed E-state index contributed by atoms with van der Waals surface area (Å²) < 4.78 is 1.38. The summed E-state index contributed by atoms with van der Waals surface area (Å²) in [5.74, 6) is -0.353. The van der Waals surface area contributed by atoms with E-state index in [-0.39, 0.29) is 22.2 Å². The van der Waals surface area contributed by atoms with Crippen molar-refractivity contribution in [3.8, 4) is 0 Å². The standard InChI is InChI=1S/C12H11Cl2N5O2/c1-19-11(8(5-16-19)10(15)18-21)17-12(20)7-3-2-6(13)4-9(7)14/h2-5,21H,1H3,(H2,15,18)(H,17,20). The number of nitrogens with one attached hydrogen (secondary N) is 1. The highest BCUT2D eigenvalue weighted by Gasteiger charge is 2.17. The number of benzene rings is 1. The SMILES string of the molecule is Cn1ncc(C(N)=NO)c1NC(=O)c1ccc(Cl)cc1Cl. The summed E-state index contributed by atoms with van der Waals surface area (Å²) >= 11 is 11.8. The molecule has 1 aromatic heterocycles. The van der Waals surface area contributed by atoms with Crippen LogP contribution in [0.1, 0.15) is 15.9 Å². The molecule has 2 aromatic rings. The smallest absolute Gasteiger partial charge is 0.258 e. The van der Waals surface area contributed by atoms with E-state index in [1.54, 1.807) is 13.1 Å². The Balaban J connectivity index is 2.34. The first-order valence-corrected chi connectivity index (χ1v) is 6.46. The Morgan fingerprint density at radius 2 is 2.14 bits per heavy atom. The number of carbonyl (C=O) groups is 1. The fraction of sp³-hybridized carbons (Fsp3) is 0.0833. The van der Waals surface area contributed by atoms with Crippen molar-refractivity contribution in [3.05, 3.63) is 45.6 Å². The summed E-state index contributed by atoms with van der Waals surface area (Å²) in [5.41, 5.74) is 6.06. The second kappa shape index (κ2) is 6.02. The van der Waals surface area contributed by atoms with Gasteiger partial charge in [-0.1, -0.05) is 28.4 Å². The van der Waals surface area contributed by atoms with Gasteiger partial charge in [0.15, 0.2) is 5.84 Å². The van der Waals surface area contributed by atoms with Gasteiger partial charge >= 0.3 is 0 Å².